The first-order chi connectivity index (χ1) is 8.28. The fraction of sp³-hybridized carbons (Fsp3) is 1.00. The molecule has 0 aliphatic rings. The molecule has 0 aromatic carbocycles. The van der Waals surface area contributed by atoms with E-state index in [1.165, 1.54) is 0 Å². The van der Waals surface area contributed by atoms with Crippen molar-refractivity contribution >= 4 is 81.7 Å². The normalized spacial score (nSPS) is 14.8. The van der Waals surface area contributed by atoms with Crippen LogP contribution in [0.1, 0.15) is 0 Å². The van der Waals surface area contributed by atoms with Crippen LogP contribution in [-0.2, 0) is 0 Å². The molecule has 0 heterocycles. The van der Waals surface area contributed by atoms with Crippen LogP contribution in [-0.4, -0.2) is 57.0 Å². The third kappa shape index (κ3) is 11.7. The topological polar surface area (TPSA) is 0 Å². The van der Waals surface area contributed by atoms with Crippen LogP contribution in [0, 0.1) is 0 Å². The zero-order valence-electron chi connectivity index (χ0n) is 9.55. The van der Waals surface area contributed by atoms with E-state index in [1.54, 1.807) is 0 Å². The lowest BCUT2D eigenvalue weighted by atomic mass is 10.5. The van der Waals surface area contributed by atoms with E-state index in [2.05, 4.69) is 0 Å². The van der Waals surface area contributed by atoms with E-state index in [-0.39, 0.29) is 0 Å². The van der Waals surface area contributed by atoms with Crippen molar-refractivity contribution in [2.75, 3.05) is 46.5 Å². The molecule has 0 aliphatic carbocycles. The lowest BCUT2D eigenvalue weighted by Gasteiger charge is -2.17. The Morgan fingerprint density at radius 2 is 1.29 bits per heavy atom. The van der Waals surface area contributed by atoms with Gasteiger partial charge in [-0.25, -0.2) is 0 Å². The summed E-state index contributed by atoms with van der Waals surface area (Å²) in [5, 5.41) is 0.969. The van der Waals surface area contributed by atoms with Crippen LogP contribution in [0.3, 0.4) is 0 Å². The van der Waals surface area contributed by atoms with Gasteiger partial charge in [-0.2, -0.15) is 35.3 Å². The van der Waals surface area contributed by atoms with Gasteiger partial charge in [0.05, 0.1) is 0 Å². The van der Waals surface area contributed by atoms with Crippen LogP contribution < -0.4 is 0 Å². The second-order valence-electron chi connectivity index (χ2n) is 3.21. The number of hydrogen-bond acceptors (Lipinski definition) is 3. The Kier molecular flexibility index (Phi) is 16.5. The van der Waals surface area contributed by atoms with E-state index >= 15 is 0 Å². The van der Waals surface area contributed by atoms with Gasteiger partial charge in [0, 0.05) is 57.0 Å². The highest BCUT2D eigenvalue weighted by molar-refractivity contribution is 8.05. The molecular weight excluding hydrogens is 358 g/mol. The molecule has 0 aliphatic heterocycles. The predicted molar refractivity (Wildman–Crippen MR) is 92.7 cm³/mol. The lowest BCUT2D eigenvalue weighted by Crippen LogP contribution is -2.16. The third-order valence-electron chi connectivity index (χ3n) is 1.82. The average molecular weight is 376 g/mol. The minimum atomic E-state index is 0.476. The van der Waals surface area contributed by atoms with Gasteiger partial charge in [-0.3, -0.25) is 0 Å². The number of thioether (sulfide) groups is 3. The summed E-state index contributed by atoms with van der Waals surface area (Å²) in [7, 11) is 0. The fourth-order valence-electron chi connectivity index (χ4n) is 0.998. The molecule has 0 saturated heterocycles. The minimum absolute atomic E-state index is 0.476. The molecule has 0 rings (SSSR count). The van der Waals surface area contributed by atoms with E-state index in [0.717, 1.165) is 23.0 Å². The Balaban J connectivity index is 3.69. The largest absolute Gasteiger partial charge is 0.160 e. The van der Waals surface area contributed by atoms with Gasteiger partial charge in [0.15, 0.2) is 0 Å². The van der Waals surface area contributed by atoms with Gasteiger partial charge < -0.3 is 0 Å². The molecule has 0 aromatic rings. The lowest BCUT2D eigenvalue weighted by molar-refractivity contribution is 1.09. The van der Waals surface area contributed by atoms with E-state index in [1.807, 2.05) is 35.3 Å². The molecule has 0 amide bonds. The Morgan fingerprint density at radius 3 is 1.82 bits per heavy atom. The standard InChI is InChI=1S/C10H18Cl4S3/c11-1-3-15-7-9(5-13)17-8-10(6-14)16-4-2-12/h9-10H,1-8H2. The SMILES string of the molecule is ClCCSCC(CCl)SCC(CCl)SCCCl. The average Bonchev–Trinajstić information content (AvgIpc) is 2.36. The number of alkyl halides is 4. The molecule has 0 aromatic heterocycles. The first kappa shape index (κ1) is 19.2. The summed E-state index contributed by atoms with van der Waals surface area (Å²) in [6.07, 6.45) is 0. The van der Waals surface area contributed by atoms with Gasteiger partial charge >= 0.3 is 0 Å². The van der Waals surface area contributed by atoms with Crippen molar-refractivity contribution in [3.05, 3.63) is 0 Å². The predicted octanol–water partition coefficient (Wildman–Crippen LogP) is 4.88. The molecule has 0 radical (unpaired) electrons. The molecule has 104 valence electrons. The molecule has 17 heavy (non-hydrogen) atoms. The molecule has 0 N–H and O–H groups in total. The maximum absolute atomic E-state index is 5.95. The highest BCUT2D eigenvalue weighted by atomic mass is 35.5. The molecular formula is C10H18Cl4S3. The summed E-state index contributed by atoms with van der Waals surface area (Å²) in [6, 6.07) is 0. The summed E-state index contributed by atoms with van der Waals surface area (Å²) in [6.45, 7) is 0. The first-order valence-electron chi connectivity index (χ1n) is 5.33. The molecule has 2 atom stereocenters. The number of hydrogen-bond donors (Lipinski definition) is 0. The van der Waals surface area contributed by atoms with Crippen molar-refractivity contribution < 1.29 is 0 Å². The maximum atomic E-state index is 5.95. The van der Waals surface area contributed by atoms with Crippen LogP contribution >= 0.6 is 81.7 Å². The highest BCUT2D eigenvalue weighted by Crippen LogP contribution is 2.24. The quantitative estimate of drug-likeness (QED) is 0.352. The Hall–Kier alpha value is 2.21. The van der Waals surface area contributed by atoms with Crippen LogP contribution in [0.4, 0.5) is 0 Å². The van der Waals surface area contributed by atoms with Crippen LogP contribution in [0.5, 0.6) is 0 Å². The highest BCUT2D eigenvalue weighted by Gasteiger charge is 2.13. The third-order valence-corrected chi connectivity index (χ3v) is 7.95. The van der Waals surface area contributed by atoms with E-state index in [0.29, 0.717) is 34.0 Å². The summed E-state index contributed by atoms with van der Waals surface area (Å²) in [4.78, 5) is 0. The summed E-state index contributed by atoms with van der Waals surface area (Å²) < 4.78 is 0. The van der Waals surface area contributed by atoms with Crippen LogP contribution in [0.2, 0.25) is 0 Å². The smallest absolute Gasteiger partial charge is 0.0350 e. The van der Waals surface area contributed by atoms with Gasteiger partial charge in [-0.05, 0) is 0 Å². The van der Waals surface area contributed by atoms with Crippen molar-refractivity contribution in [2.45, 2.75) is 10.5 Å². The Labute approximate surface area is 138 Å². The van der Waals surface area contributed by atoms with Gasteiger partial charge in [0.1, 0.15) is 0 Å². The van der Waals surface area contributed by atoms with E-state index in [4.69, 9.17) is 46.4 Å². The van der Waals surface area contributed by atoms with Crippen molar-refractivity contribution in [1.29, 1.82) is 0 Å². The van der Waals surface area contributed by atoms with Gasteiger partial charge in [0.2, 0.25) is 0 Å². The molecule has 2 unspecified atom stereocenters. The van der Waals surface area contributed by atoms with E-state index < -0.39 is 0 Å². The van der Waals surface area contributed by atoms with Crippen molar-refractivity contribution in [2.24, 2.45) is 0 Å². The van der Waals surface area contributed by atoms with Crippen LogP contribution in [0.25, 0.3) is 0 Å². The van der Waals surface area contributed by atoms with Crippen molar-refractivity contribution in [1.82, 2.24) is 0 Å². The number of halogens is 4. The zero-order chi connectivity index (χ0) is 12.9. The monoisotopic (exact) mass is 374 g/mol. The molecule has 0 nitrogen and oxygen atoms in total. The van der Waals surface area contributed by atoms with Gasteiger partial charge in [-0.1, -0.05) is 0 Å². The second-order valence-corrected chi connectivity index (χ2v) is 8.47. The first-order valence-corrected chi connectivity index (χ1v) is 10.7. The van der Waals surface area contributed by atoms with Crippen LogP contribution in [0.15, 0.2) is 0 Å². The van der Waals surface area contributed by atoms with Gasteiger partial charge in [-0.15, -0.1) is 46.4 Å². The molecule has 0 saturated carbocycles. The molecule has 7 heteroatoms. The minimum Gasteiger partial charge on any atom is -0.160 e. The molecule has 0 spiro atoms. The molecule has 0 fully saturated rings. The van der Waals surface area contributed by atoms with Crippen molar-refractivity contribution in [3.8, 4) is 0 Å². The summed E-state index contributed by atoms with van der Waals surface area (Å²) in [5.74, 6) is 6.84. The Bertz CT molecular complexity index is 162. The van der Waals surface area contributed by atoms with E-state index in [9.17, 15) is 0 Å². The summed E-state index contributed by atoms with van der Waals surface area (Å²) >= 11 is 28.8. The molecule has 0 bridgehead atoms. The van der Waals surface area contributed by atoms with Gasteiger partial charge in [0.25, 0.3) is 0 Å². The fourth-order valence-corrected chi connectivity index (χ4v) is 5.76. The number of rotatable bonds is 12. The summed E-state index contributed by atoms with van der Waals surface area (Å²) in [5.41, 5.74) is 0. The van der Waals surface area contributed by atoms with Crippen molar-refractivity contribution in [3.63, 3.8) is 0 Å². The zero-order valence-corrected chi connectivity index (χ0v) is 15.0. The maximum Gasteiger partial charge on any atom is 0.0350 e. The second kappa shape index (κ2) is 14.6. The Morgan fingerprint density at radius 1 is 0.706 bits per heavy atom.